The normalized spacial score (nSPS) is 17.4. The van der Waals surface area contributed by atoms with E-state index in [4.69, 9.17) is 20.6 Å². The molecule has 11 aromatic rings. The summed E-state index contributed by atoms with van der Waals surface area (Å²) >= 11 is 0. The van der Waals surface area contributed by atoms with Gasteiger partial charge in [-0.3, -0.25) is 0 Å². The van der Waals surface area contributed by atoms with Gasteiger partial charge in [-0.25, -0.2) is 0 Å². The third-order valence-electron chi connectivity index (χ3n) is 9.91. The first-order valence-electron chi connectivity index (χ1n) is 31.5. The van der Waals surface area contributed by atoms with Crippen LogP contribution in [-0.2, 0) is 0 Å². The van der Waals surface area contributed by atoms with Gasteiger partial charge in [-0.2, -0.15) is 0 Å². The van der Waals surface area contributed by atoms with Gasteiger partial charge in [0.25, 0.3) is 0 Å². The Kier molecular flexibility index (Phi) is 4.40. The lowest BCUT2D eigenvalue weighted by molar-refractivity contribution is 1.20. The first kappa shape index (κ1) is 17.5. The Hall–Kier alpha value is -7.94. The van der Waals surface area contributed by atoms with Crippen LogP contribution in [0.3, 0.4) is 0 Å². The van der Waals surface area contributed by atoms with Gasteiger partial charge in [0.05, 0.1) is 52.4 Å². The molecule has 0 aliphatic rings. The van der Waals surface area contributed by atoms with Crippen LogP contribution >= 0.6 is 0 Å². The molecule has 0 amide bonds. The molecule has 0 aliphatic carbocycles. The van der Waals surface area contributed by atoms with Gasteiger partial charge in [-0.1, -0.05) is 182 Å². The van der Waals surface area contributed by atoms with Gasteiger partial charge in [-0.05, 0) is 110 Å². The van der Waals surface area contributed by atoms with Crippen molar-refractivity contribution in [3.63, 3.8) is 0 Å². The standard InChI is InChI=1S/C58H40N2/c1-4-15-41(16-5-1)42-27-32-48(33-28-42)59(50-36-37-51(44-17-6-2-7-18-44)54(40-50)46-19-8-3-9-20-46)49-34-29-43(30-35-49)47-31-38-58-55(39-47)53-24-12-13-25-57(53)60(58)56-26-14-22-45-21-10-11-23-52(45)56/h1-40H/i1D,2D,3D,4D,5D,6D,7D,8D,9D,15D,16D,17D,18D,19D,20D,27D,28D,29D,30D,32D,33D,34D,35D,36D,37D,40D. The Balaban J connectivity index is 1.27. The summed E-state index contributed by atoms with van der Waals surface area (Å²) in [4.78, 5) is 0.422. The minimum absolute atomic E-state index is 0.142. The number of para-hydroxylation sites is 1. The van der Waals surface area contributed by atoms with Crippen molar-refractivity contribution in [1.82, 2.24) is 4.57 Å². The molecule has 11 rings (SSSR count). The molecule has 0 atom stereocenters. The van der Waals surface area contributed by atoms with E-state index in [0.29, 0.717) is 15.8 Å². The van der Waals surface area contributed by atoms with Crippen LogP contribution in [0.2, 0.25) is 0 Å². The summed E-state index contributed by atoms with van der Waals surface area (Å²) in [5.41, 5.74) is -6.53. The molecule has 10 aromatic carbocycles. The lowest BCUT2D eigenvalue weighted by Gasteiger charge is -2.27. The summed E-state index contributed by atoms with van der Waals surface area (Å²) in [5.74, 6) is 0. The maximum Gasteiger partial charge on any atom is 0.0652 e. The van der Waals surface area contributed by atoms with Crippen LogP contribution in [0.1, 0.15) is 35.6 Å². The Labute approximate surface area is 387 Å². The topological polar surface area (TPSA) is 8.17 Å². The largest absolute Gasteiger partial charge is 0.310 e. The minimum atomic E-state index is -1.26. The number of fused-ring (bicyclic) bond motifs is 4. The molecule has 0 spiro atoms. The third-order valence-corrected chi connectivity index (χ3v) is 9.91. The van der Waals surface area contributed by atoms with Crippen molar-refractivity contribution in [2.75, 3.05) is 4.90 Å². The fourth-order valence-corrected chi connectivity index (χ4v) is 7.24. The average Bonchev–Trinajstić information content (AvgIpc) is 0.825. The predicted molar refractivity (Wildman–Crippen MR) is 255 cm³/mol. The number of aromatic nitrogens is 1. The molecule has 1 aromatic heterocycles. The Morgan fingerprint density at radius 1 is 0.350 bits per heavy atom. The second kappa shape index (κ2) is 15.1. The summed E-state index contributed by atoms with van der Waals surface area (Å²) < 4.78 is 239. The van der Waals surface area contributed by atoms with Crippen LogP contribution in [0.4, 0.5) is 17.1 Å². The summed E-state index contributed by atoms with van der Waals surface area (Å²) in [5, 5.41) is 3.26. The van der Waals surface area contributed by atoms with E-state index in [9.17, 15) is 15.1 Å². The fraction of sp³-hybridized carbons (Fsp3) is 0. The van der Waals surface area contributed by atoms with Crippen LogP contribution in [0, 0.1) is 0 Å². The van der Waals surface area contributed by atoms with E-state index in [0.717, 1.165) is 27.4 Å². The molecular formula is C58H40N2. The van der Waals surface area contributed by atoms with Crippen molar-refractivity contribution < 1.29 is 35.6 Å². The third kappa shape index (κ3) is 6.32. The van der Waals surface area contributed by atoms with Gasteiger partial charge in [0.1, 0.15) is 0 Å². The SMILES string of the molecule is [2H]c1c([2H])c([2H])c(-c2c([2H])c([2H])c(N(c3c([2H])c([2H])c(-c4ccc5c(c4)c4ccccc4n5-c4cccc5ccccc45)c([2H])c3[2H])c3c([2H])c([2H])c(-c4c([2H])c([2H])c([2H])c([2H])c4[2H])c(-c4c([2H])c([2H])c([2H])c([2H])c4[2H])c3[2H])c([2H])c2[2H])c([2H])c1[2H]. The molecule has 0 aliphatic heterocycles. The van der Waals surface area contributed by atoms with Gasteiger partial charge in [-0.15, -0.1) is 0 Å². The van der Waals surface area contributed by atoms with Gasteiger partial charge in [0.2, 0.25) is 0 Å². The van der Waals surface area contributed by atoms with E-state index in [1.165, 1.54) is 0 Å². The molecule has 0 bridgehead atoms. The molecule has 0 saturated carbocycles. The lowest BCUT2D eigenvalue weighted by Crippen LogP contribution is -2.10. The van der Waals surface area contributed by atoms with Crippen molar-refractivity contribution in [3.05, 3.63) is 242 Å². The highest BCUT2D eigenvalue weighted by Gasteiger charge is 2.18. The van der Waals surface area contributed by atoms with E-state index in [1.807, 2.05) is 71.3 Å². The van der Waals surface area contributed by atoms with Gasteiger partial charge in [0.15, 0.2) is 0 Å². The number of rotatable bonds is 8. The average molecular weight is 791 g/mol. The van der Waals surface area contributed by atoms with Crippen molar-refractivity contribution in [3.8, 4) is 50.2 Å². The summed E-state index contributed by atoms with van der Waals surface area (Å²) in [6.45, 7) is 0. The van der Waals surface area contributed by atoms with Gasteiger partial charge >= 0.3 is 0 Å². The lowest BCUT2D eigenvalue weighted by atomic mass is 9.93. The van der Waals surface area contributed by atoms with E-state index < -0.39 is 208 Å². The summed E-state index contributed by atoms with van der Waals surface area (Å²) in [7, 11) is 0. The monoisotopic (exact) mass is 790 g/mol. The number of hydrogen-bond acceptors (Lipinski definition) is 1. The number of anilines is 3. The number of hydrogen-bond donors (Lipinski definition) is 0. The summed E-state index contributed by atoms with van der Waals surface area (Å²) in [6.07, 6.45) is 0. The van der Waals surface area contributed by atoms with E-state index in [1.54, 1.807) is 18.2 Å². The quantitative estimate of drug-likeness (QED) is 0.149. The van der Waals surface area contributed by atoms with Crippen LogP contribution in [0.15, 0.2) is 242 Å². The molecular weight excluding hydrogens is 725 g/mol. The Bertz CT molecular complexity index is 4710. The summed E-state index contributed by atoms with van der Waals surface area (Å²) in [6, 6.07) is -0.726. The van der Waals surface area contributed by atoms with Crippen molar-refractivity contribution in [1.29, 1.82) is 0 Å². The van der Waals surface area contributed by atoms with E-state index in [2.05, 4.69) is 0 Å². The molecule has 1 heterocycles. The number of nitrogens with zero attached hydrogens (tertiary/aromatic N) is 2. The van der Waals surface area contributed by atoms with Crippen LogP contribution in [-0.4, -0.2) is 4.57 Å². The van der Waals surface area contributed by atoms with Crippen LogP contribution in [0.5, 0.6) is 0 Å². The second-order valence-corrected chi connectivity index (χ2v) is 13.3. The maximum absolute atomic E-state index is 10.2. The zero-order chi connectivity index (χ0) is 62.5. The fourth-order valence-electron chi connectivity index (χ4n) is 7.24. The minimum Gasteiger partial charge on any atom is -0.310 e. The highest BCUT2D eigenvalue weighted by Crippen LogP contribution is 2.42. The van der Waals surface area contributed by atoms with Crippen LogP contribution < -0.4 is 4.90 Å². The van der Waals surface area contributed by atoms with Gasteiger partial charge < -0.3 is 9.47 Å². The second-order valence-electron chi connectivity index (χ2n) is 13.3. The zero-order valence-electron chi connectivity index (χ0n) is 57.0. The molecule has 2 heteroatoms. The van der Waals surface area contributed by atoms with E-state index >= 15 is 0 Å². The van der Waals surface area contributed by atoms with Crippen molar-refractivity contribution in [2.24, 2.45) is 0 Å². The molecule has 0 fully saturated rings. The molecule has 0 radical (unpaired) electrons. The molecule has 0 saturated heterocycles. The van der Waals surface area contributed by atoms with E-state index in [-0.39, 0.29) is 11.1 Å². The molecule has 2 nitrogen and oxygen atoms in total. The highest BCUT2D eigenvalue weighted by atomic mass is 15.1. The molecule has 0 N–H and O–H groups in total. The Morgan fingerprint density at radius 3 is 1.55 bits per heavy atom. The molecule has 282 valence electrons. The highest BCUT2D eigenvalue weighted by molar-refractivity contribution is 6.11. The van der Waals surface area contributed by atoms with Crippen molar-refractivity contribution >= 4 is 49.6 Å². The zero-order valence-corrected chi connectivity index (χ0v) is 31.0. The Morgan fingerprint density at radius 2 is 0.867 bits per heavy atom. The first-order valence-corrected chi connectivity index (χ1v) is 18.5. The first-order chi connectivity index (χ1) is 40.6. The predicted octanol–water partition coefficient (Wildman–Crippen LogP) is 16.1. The van der Waals surface area contributed by atoms with Gasteiger partial charge in [0, 0.05) is 33.2 Å². The molecule has 60 heavy (non-hydrogen) atoms. The smallest absolute Gasteiger partial charge is 0.0652 e. The maximum atomic E-state index is 10.2. The molecule has 0 unspecified atom stereocenters. The number of benzene rings is 10. The van der Waals surface area contributed by atoms with Crippen LogP contribution in [0.25, 0.3) is 82.8 Å². The van der Waals surface area contributed by atoms with Crippen molar-refractivity contribution in [2.45, 2.75) is 0 Å².